The molecule has 0 aliphatic carbocycles. The Morgan fingerprint density at radius 2 is 1.53 bits per heavy atom. The van der Waals surface area contributed by atoms with Crippen LogP contribution in [0.5, 0.6) is 0 Å². The van der Waals surface area contributed by atoms with Crippen LogP contribution in [0.2, 0.25) is 0 Å². The molecule has 0 radical (unpaired) electrons. The lowest BCUT2D eigenvalue weighted by atomic mass is 10.0. The molecule has 0 amide bonds. The molecule has 0 unspecified atom stereocenters. The van der Waals surface area contributed by atoms with Crippen LogP contribution in [0, 0.1) is 13.8 Å². The first kappa shape index (κ1) is 10.5. The van der Waals surface area contributed by atoms with Gasteiger partial charge in [0.05, 0.1) is 0 Å². The maximum atomic E-state index is 2.28. The van der Waals surface area contributed by atoms with Crippen molar-refractivity contribution in [3.8, 4) is 11.1 Å². The molecule has 0 fully saturated rings. The third-order valence-electron chi connectivity index (χ3n) is 3.09. The maximum absolute atomic E-state index is 2.28. The molecule has 2 aromatic carbocycles. The molecule has 0 aliphatic rings. The average Bonchev–Trinajstić information content (AvgIpc) is 2.73. The molecule has 0 N–H and O–H groups in total. The predicted octanol–water partition coefficient (Wildman–Crippen LogP) is 5.19. The zero-order valence-corrected chi connectivity index (χ0v) is 10.8. The third kappa shape index (κ3) is 1.87. The van der Waals surface area contributed by atoms with E-state index in [4.69, 9.17) is 0 Å². The van der Waals surface area contributed by atoms with Crippen molar-refractivity contribution in [1.29, 1.82) is 0 Å². The first-order valence-corrected chi connectivity index (χ1v) is 6.67. The van der Waals surface area contributed by atoms with Crippen molar-refractivity contribution in [2.45, 2.75) is 13.8 Å². The number of hydrogen-bond acceptors (Lipinski definition) is 1. The van der Waals surface area contributed by atoms with Crippen LogP contribution in [-0.2, 0) is 0 Å². The van der Waals surface area contributed by atoms with Gasteiger partial charge in [-0.1, -0.05) is 41.5 Å². The summed E-state index contributed by atoms with van der Waals surface area (Å²) >= 11 is 1.82. The Hall–Kier alpha value is -1.60. The summed E-state index contributed by atoms with van der Waals surface area (Å²) in [4.78, 5) is 0. The first-order chi connectivity index (χ1) is 8.24. The Kier molecular flexibility index (Phi) is 2.49. The van der Waals surface area contributed by atoms with Gasteiger partial charge >= 0.3 is 0 Å². The number of fused-ring (bicyclic) bond motifs is 1. The fraction of sp³-hybridized carbons (Fsp3) is 0.125. The zero-order chi connectivity index (χ0) is 11.8. The number of benzene rings is 2. The molecule has 0 spiro atoms. The molecule has 3 aromatic rings. The highest BCUT2D eigenvalue weighted by Crippen LogP contribution is 2.34. The summed E-state index contributed by atoms with van der Waals surface area (Å²) in [6, 6.07) is 15.4. The van der Waals surface area contributed by atoms with Crippen LogP contribution in [0.3, 0.4) is 0 Å². The van der Waals surface area contributed by atoms with Crippen molar-refractivity contribution in [2.24, 2.45) is 0 Å². The Morgan fingerprint density at radius 1 is 0.824 bits per heavy atom. The summed E-state index contributed by atoms with van der Waals surface area (Å²) in [6.07, 6.45) is 0. The normalized spacial score (nSPS) is 10.9. The van der Waals surface area contributed by atoms with Crippen molar-refractivity contribution in [3.63, 3.8) is 0 Å². The summed E-state index contributed by atoms with van der Waals surface area (Å²) in [6.45, 7) is 4.27. The molecular weight excluding hydrogens is 224 g/mol. The van der Waals surface area contributed by atoms with Crippen LogP contribution in [0.25, 0.3) is 21.2 Å². The SMILES string of the molecule is Cc1ccc(-c2csc3ccc(C)cc23)cc1. The smallest absolute Gasteiger partial charge is 0.0349 e. The van der Waals surface area contributed by atoms with Crippen LogP contribution >= 0.6 is 11.3 Å². The lowest BCUT2D eigenvalue weighted by molar-refractivity contribution is 1.47. The summed E-state index contributed by atoms with van der Waals surface area (Å²) in [5.41, 5.74) is 5.30. The summed E-state index contributed by atoms with van der Waals surface area (Å²) in [5.74, 6) is 0. The molecular formula is C16H14S. The molecule has 1 aromatic heterocycles. The van der Waals surface area contributed by atoms with E-state index in [1.54, 1.807) is 0 Å². The summed E-state index contributed by atoms with van der Waals surface area (Å²) in [5, 5.41) is 3.63. The Morgan fingerprint density at radius 3 is 2.29 bits per heavy atom. The van der Waals surface area contributed by atoms with E-state index in [-0.39, 0.29) is 0 Å². The molecule has 17 heavy (non-hydrogen) atoms. The van der Waals surface area contributed by atoms with Crippen molar-refractivity contribution >= 4 is 21.4 Å². The van der Waals surface area contributed by atoms with Gasteiger partial charge in [-0.05, 0) is 36.9 Å². The number of rotatable bonds is 1. The second-order valence-electron chi connectivity index (χ2n) is 4.52. The molecule has 3 rings (SSSR count). The number of aryl methyl sites for hydroxylation is 2. The Balaban J connectivity index is 2.23. The summed E-state index contributed by atoms with van der Waals surface area (Å²) in [7, 11) is 0. The van der Waals surface area contributed by atoms with Gasteiger partial charge < -0.3 is 0 Å². The average molecular weight is 238 g/mol. The van der Waals surface area contributed by atoms with E-state index in [0.717, 1.165) is 0 Å². The number of hydrogen-bond donors (Lipinski definition) is 0. The second-order valence-corrected chi connectivity index (χ2v) is 5.43. The zero-order valence-electron chi connectivity index (χ0n) is 10.0. The standard InChI is InChI=1S/C16H14S/c1-11-3-6-13(7-4-11)15-10-17-16-8-5-12(2)9-14(15)16/h3-10H,1-2H3. The van der Waals surface area contributed by atoms with Crippen LogP contribution in [0.1, 0.15) is 11.1 Å². The van der Waals surface area contributed by atoms with Crippen molar-refractivity contribution in [3.05, 3.63) is 59.0 Å². The minimum Gasteiger partial charge on any atom is -0.143 e. The van der Waals surface area contributed by atoms with Crippen molar-refractivity contribution in [1.82, 2.24) is 0 Å². The first-order valence-electron chi connectivity index (χ1n) is 5.79. The van der Waals surface area contributed by atoms with E-state index in [0.29, 0.717) is 0 Å². The predicted molar refractivity (Wildman–Crippen MR) is 76.7 cm³/mol. The van der Waals surface area contributed by atoms with E-state index >= 15 is 0 Å². The van der Waals surface area contributed by atoms with E-state index in [9.17, 15) is 0 Å². The minimum absolute atomic E-state index is 1.31. The largest absolute Gasteiger partial charge is 0.143 e. The highest BCUT2D eigenvalue weighted by Gasteiger charge is 2.06. The summed E-state index contributed by atoms with van der Waals surface area (Å²) < 4.78 is 1.37. The molecule has 0 atom stereocenters. The molecule has 1 heterocycles. The maximum Gasteiger partial charge on any atom is 0.0349 e. The fourth-order valence-corrected chi connectivity index (χ4v) is 3.05. The van der Waals surface area contributed by atoms with Crippen LogP contribution in [-0.4, -0.2) is 0 Å². The topological polar surface area (TPSA) is 0 Å². The highest BCUT2D eigenvalue weighted by molar-refractivity contribution is 7.17. The molecule has 84 valence electrons. The Bertz CT molecular complexity index is 660. The van der Waals surface area contributed by atoms with Crippen LogP contribution < -0.4 is 0 Å². The number of thiophene rings is 1. The molecule has 0 saturated heterocycles. The van der Waals surface area contributed by atoms with E-state index < -0.39 is 0 Å². The monoisotopic (exact) mass is 238 g/mol. The molecule has 0 bridgehead atoms. The molecule has 1 heteroatoms. The van der Waals surface area contributed by atoms with Gasteiger partial charge in [-0.15, -0.1) is 11.3 Å². The lowest BCUT2D eigenvalue weighted by Crippen LogP contribution is -1.77. The van der Waals surface area contributed by atoms with E-state index in [1.165, 1.54) is 32.3 Å². The van der Waals surface area contributed by atoms with Gasteiger partial charge in [0.2, 0.25) is 0 Å². The van der Waals surface area contributed by atoms with Gasteiger partial charge in [0, 0.05) is 15.6 Å². The quantitative estimate of drug-likeness (QED) is 0.547. The van der Waals surface area contributed by atoms with Gasteiger partial charge in [0.1, 0.15) is 0 Å². The third-order valence-corrected chi connectivity index (χ3v) is 4.06. The molecule has 0 aliphatic heterocycles. The van der Waals surface area contributed by atoms with Gasteiger partial charge in [-0.3, -0.25) is 0 Å². The van der Waals surface area contributed by atoms with Crippen LogP contribution in [0.15, 0.2) is 47.8 Å². The van der Waals surface area contributed by atoms with E-state index in [2.05, 4.69) is 61.7 Å². The van der Waals surface area contributed by atoms with Gasteiger partial charge in [-0.25, -0.2) is 0 Å². The highest BCUT2D eigenvalue weighted by atomic mass is 32.1. The van der Waals surface area contributed by atoms with Gasteiger partial charge in [0.15, 0.2) is 0 Å². The molecule has 0 nitrogen and oxygen atoms in total. The minimum atomic E-state index is 1.31. The molecule has 0 saturated carbocycles. The van der Waals surface area contributed by atoms with Gasteiger partial charge in [0.25, 0.3) is 0 Å². The van der Waals surface area contributed by atoms with Crippen molar-refractivity contribution in [2.75, 3.05) is 0 Å². The van der Waals surface area contributed by atoms with Crippen LogP contribution in [0.4, 0.5) is 0 Å². The van der Waals surface area contributed by atoms with Gasteiger partial charge in [-0.2, -0.15) is 0 Å². The lowest BCUT2D eigenvalue weighted by Gasteiger charge is -2.01. The second kappa shape index (κ2) is 4.01. The van der Waals surface area contributed by atoms with Crippen molar-refractivity contribution < 1.29 is 0 Å². The van der Waals surface area contributed by atoms with E-state index in [1.807, 2.05) is 11.3 Å². The fourth-order valence-electron chi connectivity index (χ4n) is 2.10. The Labute approximate surface area is 106 Å².